The van der Waals surface area contributed by atoms with Gasteiger partial charge in [-0.25, -0.2) is 0 Å². The number of carboxylic acid groups (broad SMARTS) is 1. The number of hydrogen-bond acceptors (Lipinski definition) is 4. The lowest BCUT2D eigenvalue weighted by Gasteiger charge is -2.04. The first-order valence-corrected chi connectivity index (χ1v) is 5.85. The van der Waals surface area contributed by atoms with E-state index in [0.29, 0.717) is 13.0 Å². The Morgan fingerprint density at radius 3 is 2.65 bits per heavy atom. The summed E-state index contributed by atoms with van der Waals surface area (Å²) in [6, 6.07) is -0.716. The van der Waals surface area contributed by atoms with Crippen LogP contribution in [0.3, 0.4) is 0 Å². The van der Waals surface area contributed by atoms with Gasteiger partial charge in [-0.1, -0.05) is 19.1 Å². The minimum Gasteiger partial charge on any atom is -0.480 e. The third-order valence-corrected chi connectivity index (χ3v) is 2.37. The maximum absolute atomic E-state index is 10.1. The molecule has 1 atom stereocenters. The highest BCUT2D eigenvalue weighted by Crippen LogP contribution is 2.01. The summed E-state index contributed by atoms with van der Waals surface area (Å²) in [5, 5.41) is 8.33. The summed E-state index contributed by atoms with van der Waals surface area (Å²) >= 11 is 0. The molecule has 5 N–H and O–H groups in total. The molecule has 0 bridgehead atoms. The molecule has 1 unspecified atom stereocenters. The molecule has 5 heteroatoms. The molecule has 0 radical (unpaired) electrons. The Bertz CT molecular complexity index is 254. The van der Waals surface area contributed by atoms with Gasteiger partial charge in [-0.3, -0.25) is 4.79 Å². The van der Waals surface area contributed by atoms with Crippen molar-refractivity contribution in [1.82, 2.24) is 4.90 Å². The molecule has 0 fully saturated rings. The first kappa shape index (κ1) is 15.7. The van der Waals surface area contributed by atoms with Gasteiger partial charge in [0.1, 0.15) is 6.04 Å². The van der Waals surface area contributed by atoms with E-state index in [1.165, 1.54) is 6.42 Å². The van der Waals surface area contributed by atoms with Crippen LogP contribution in [0.1, 0.15) is 25.7 Å². The van der Waals surface area contributed by atoms with Crippen molar-refractivity contribution in [3.8, 4) is 0 Å². The molecule has 0 saturated heterocycles. The molecule has 0 aromatic heterocycles. The first-order chi connectivity index (χ1) is 8.11. The van der Waals surface area contributed by atoms with Crippen molar-refractivity contribution in [2.24, 2.45) is 11.5 Å². The third-order valence-electron chi connectivity index (χ3n) is 2.37. The lowest BCUT2D eigenvalue weighted by molar-refractivity contribution is -0.138. The molecule has 0 aromatic rings. The monoisotopic (exact) mass is 241 g/mol. The molecule has 1 aliphatic heterocycles. The van der Waals surface area contributed by atoms with Crippen molar-refractivity contribution in [3.63, 3.8) is 0 Å². The molecule has 0 aromatic carbocycles. The SMILES string of the molecule is C=CN1C=CCC1.NCCCCC(N)C(=O)O. The van der Waals surface area contributed by atoms with Gasteiger partial charge in [0.05, 0.1) is 0 Å². The van der Waals surface area contributed by atoms with Crippen LogP contribution in [0.25, 0.3) is 0 Å². The van der Waals surface area contributed by atoms with E-state index in [1.54, 1.807) is 0 Å². The van der Waals surface area contributed by atoms with Crippen LogP contribution in [0.2, 0.25) is 0 Å². The fraction of sp³-hybridized carbons (Fsp3) is 0.583. The van der Waals surface area contributed by atoms with Gasteiger partial charge in [0.25, 0.3) is 0 Å². The van der Waals surface area contributed by atoms with Gasteiger partial charge in [0, 0.05) is 6.54 Å². The Balaban J connectivity index is 0.000000318. The molecule has 1 rings (SSSR count). The molecule has 0 aliphatic carbocycles. The second kappa shape index (κ2) is 9.86. The summed E-state index contributed by atoms with van der Waals surface area (Å²) in [6.45, 7) is 5.34. The highest BCUT2D eigenvalue weighted by molar-refractivity contribution is 5.72. The highest BCUT2D eigenvalue weighted by atomic mass is 16.4. The van der Waals surface area contributed by atoms with Gasteiger partial charge in [-0.15, -0.1) is 0 Å². The molecule has 17 heavy (non-hydrogen) atoms. The summed E-state index contributed by atoms with van der Waals surface area (Å²) in [4.78, 5) is 12.2. The quantitative estimate of drug-likeness (QED) is 0.600. The van der Waals surface area contributed by atoms with Crippen molar-refractivity contribution in [2.75, 3.05) is 13.1 Å². The molecule has 0 amide bonds. The summed E-state index contributed by atoms with van der Waals surface area (Å²) in [5.74, 6) is -0.933. The first-order valence-electron chi connectivity index (χ1n) is 5.85. The zero-order valence-corrected chi connectivity index (χ0v) is 10.2. The molecule has 1 heterocycles. The second-order valence-electron chi connectivity index (χ2n) is 3.82. The largest absolute Gasteiger partial charge is 0.480 e. The number of aliphatic carboxylic acids is 1. The zero-order chi connectivity index (χ0) is 13.1. The number of unbranched alkanes of at least 4 members (excludes halogenated alkanes) is 1. The topological polar surface area (TPSA) is 92.6 Å². The van der Waals surface area contributed by atoms with Gasteiger partial charge >= 0.3 is 5.97 Å². The van der Waals surface area contributed by atoms with Crippen LogP contribution in [0.4, 0.5) is 0 Å². The number of nitrogens with two attached hydrogens (primary N) is 2. The molecule has 0 saturated carbocycles. The van der Waals surface area contributed by atoms with E-state index in [0.717, 1.165) is 19.4 Å². The van der Waals surface area contributed by atoms with Crippen LogP contribution in [-0.4, -0.2) is 35.1 Å². The van der Waals surface area contributed by atoms with Gasteiger partial charge in [0.15, 0.2) is 0 Å². The standard InChI is InChI=1S/C6H14N2O2.C6H9N/c7-4-2-1-3-5(8)6(9)10;1-2-7-5-3-4-6-7/h5H,1-4,7-8H2,(H,9,10);2-3,5H,1,4,6H2. The Morgan fingerprint density at radius 2 is 2.29 bits per heavy atom. The maximum Gasteiger partial charge on any atom is 0.320 e. The van der Waals surface area contributed by atoms with Crippen molar-refractivity contribution in [3.05, 3.63) is 25.1 Å². The molecular weight excluding hydrogens is 218 g/mol. The van der Waals surface area contributed by atoms with E-state index in [2.05, 4.69) is 17.6 Å². The van der Waals surface area contributed by atoms with Gasteiger partial charge < -0.3 is 21.5 Å². The van der Waals surface area contributed by atoms with Crippen LogP contribution in [0, 0.1) is 0 Å². The van der Waals surface area contributed by atoms with Gasteiger partial charge in [-0.05, 0) is 38.2 Å². The Hall–Kier alpha value is -1.33. The lowest BCUT2D eigenvalue weighted by Crippen LogP contribution is -2.29. The van der Waals surface area contributed by atoms with E-state index < -0.39 is 12.0 Å². The number of carboxylic acids is 1. The van der Waals surface area contributed by atoms with E-state index in [1.807, 2.05) is 12.4 Å². The fourth-order valence-electron chi connectivity index (χ4n) is 1.29. The van der Waals surface area contributed by atoms with E-state index in [4.69, 9.17) is 16.6 Å². The van der Waals surface area contributed by atoms with E-state index in [-0.39, 0.29) is 0 Å². The number of nitrogens with zero attached hydrogens (tertiary/aromatic N) is 1. The number of carbonyl (C=O) groups is 1. The minimum absolute atomic E-state index is 0.520. The minimum atomic E-state index is -0.933. The predicted molar refractivity (Wildman–Crippen MR) is 69.2 cm³/mol. The Labute approximate surface area is 103 Å². The van der Waals surface area contributed by atoms with Crippen LogP contribution in [0.5, 0.6) is 0 Å². The Kier molecular flexibility index (Phi) is 9.09. The van der Waals surface area contributed by atoms with Gasteiger partial charge in [-0.2, -0.15) is 0 Å². The van der Waals surface area contributed by atoms with Crippen molar-refractivity contribution in [2.45, 2.75) is 31.7 Å². The van der Waals surface area contributed by atoms with Crippen molar-refractivity contribution in [1.29, 1.82) is 0 Å². The normalized spacial score (nSPS) is 15.1. The average molecular weight is 241 g/mol. The molecule has 1 aliphatic rings. The second-order valence-corrected chi connectivity index (χ2v) is 3.82. The lowest BCUT2D eigenvalue weighted by atomic mass is 10.1. The van der Waals surface area contributed by atoms with Crippen LogP contribution < -0.4 is 11.5 Å². The summed E-state index contributed by atoms with van der Waals surface area (Å²) < 4.78 is 0. The fourth-order valence-corrected chi connectivity index (χ4v) is 1.29. The summed E-state index contributed by atoms with van der Waals surface area (Å²) in [6.07, 6.45) is 9.36. The van der Waals surface area contributed by atoms with Crippen molar-refractivity contribution >= 4 is 5.97 Å². The van der Waals surface area contributed by atoms with Crippen molar-refractivity contribution < 1.29 is 9.90 Å². The number of hydrogen-bond donors (Lipinski definition) is 3. The molecule has 98 valence electrons. The maximum atomic E-state index is 10.1. The smallest absolute Gasteiger partial charge is 0.320 e. The average Bonchev–Trinajstić information content (AvgIpc) is 2.82. The number of rotatable bonds is 6. The molecule has 0 spiro atoms. The zero-order valence-electron chi connectivity index (χ0n) is 10.2. The van der Waals surface area contributed by atoms with Crippen LogP contribution in [0.15, 0.2) is 25.1 Å². The third kappa shape index (κ3) is 8.47. The molecular formula is C12H23N3O2. The van der Waals surface area contributed by atoms with E-state index in [9.17, 15) is 4.79 Å². The van der Waals surface area contributed by atoms with Crippen LogP contribution >= 0.6 is 0 Å². The highest BCUT2D eigenvalue weighted by Gasteiger charge is 2.09. The van der Waals surface area contributed by atoms with Gasteiger partial charge in [0.2, 0.25) is 0 Å². The Morgan fingerprint density at radius 1 is 1.59 bits per heavy atom. The summed E-state index contributed by atoms with van der Waals surface area (Å²) in [7, 11) is 0. The summed E-state index contributed by atoms with van der Waals surface area (Å²) in [5.41, 5.74) is 10.4. The predicted octanol–water partition coefficient (Wildman–Crippen LogP) is 0.877. The van der Waals surface area contributed by atoms with E-state index >= 15 is 0 Å². The van der Waals surface area contributed by atoms with Crippen LogP contribution in [-0.2, 0) is 4.79 Å². The molecule has 5 nitrogen and oxygen atoms in total.